The van der Waals surface area contributed by atoms with Crippen LogP contribution in [0.15, 0.2) is 67.9 Å². The molecular weight excluding hydrogens is 326 g/mol. The number of nitrogens with zero attached hydrogens (tertiary/aromatic N) is 7. The molecule has 0 radical (unpaired) electrons. The molecule has 0 aliphatic heterocycles. The van der Waals surface area contributed by atoms with Crippen LogP contribution in [0.25, 0.3) is 44.5 Å². The topological polar surface area (TPSA) is 90.2 Å². The maximum absolute atomic E-state index is 4.62. The van der Waals surface area contributed by atoms with Crippen LogP contribution in [0.4, 0.5) is 0 Å². The van der Waals surface area contributed by atoms with E-state index in [-0.39, 0.29) is 0 Å². The normalized spacial score (nSPS) is 11.1. The summed E-state index contributed by atoms with van der Waals surface area (Å²) in [4.78, 5) is 29.9. The Hall–Kier alpha value is -3.87. The number of hydrogen-bond donors (Lipinski definition) is 0. The Morgan fingerprint density at radius 3 is 1.69 bits per heavy atom. The van der Waals surface area contributed by atoms with Crippen molar-refractivity contribution in [3.05, 3.63) is 67.9 Å². The SMILES string of the molecule is c1ccc2c(-c3ncncn3)c3ncccc3c(-c3ncncn3)c2c1. The maximum atomic E-state index is 4.62. The van der Waals surface area contributed by atoms with Crippen molar-refractivity contribution in [1.82, 2.24) is 34.9 Å². The summed E-state index contributed by atoms with van der Waals surface area (Å²) in [6, 6.07) is 12.0. The summed E-state index contributed by atoms with van der Waals surface area (Å²) in [6.07, 6.45) is 7.74. The fourth-order valence-corrected chi connectivity index (χ4v) is 3.20. The minimum absolute atomic E-state index is 0.585. The maximum Gasteiger partial charge on any atom is 0.165 e. The second-order valence-electron chi connectivity index (χ2n) is 5.62. The van der Waals surface area contributed by atoms with E-state index in [1.165, 1.54) is 25.3 Å². The molecule has 0 unspecified atom stereocenters. The van der Waals surface area contributed by atoms with Gasteiger partial charge in [-0.1, -0.05) is 30.3 Å². The van der Waals surface area contributed by atoms with Gasteiger partial charge in [0.15, 0.2) is 11.6 Å². The summed E-state index contributed by atoms with van der Waals surface area (Å²) >= 11 is 0. The van der Waals surface area contributed by atoms with E-state index in [0.717, 1.165) is 32.8 Å². The minimum atomic E-state index is 0.585. The van der Waals surface area contributed by atoms with Crippen molar-refractivity contribution in [2.24, 2.45) is 0 Å². The molecule has 5 aromatic rings. The molecule has 0 aliphatic carbocycles. The second-order valence-corrected chi connectivity index (χ2v) is 5.62. The average molecular weight is 337 g/mol. The molecule has 0 spiro atoms. The van der Waals surface area contributed by atoms with Crippen LogP contribution < -0.4 is 0 Å². The Balaban J connectivity index is 2.02. The van der Waals surface area contributed by atoms with E-state index in [9.17, 15) is 0 Å². The number of fused-ring (bicyclic) bond motifs is 2. The third-order valence-electron chi connectivity index (χ3n) is 4.21. The van der Waals surface area contributed by atoms with Gasteiger partial charge >= 0.3 is 0 Å². The Bertz CT molecular complexity index is 1070. The van der Waals surface area contributed by atoms with E-state index in [0.29, 0.717) is 11.6 Å². The zero-order chi connectivity index (χ0) is 17.3. The first-order valence-electron chi connectivity index (χ1n) is 7.97. The first-order valence-corrected chi connectivity index (χ1v) is 7.97. The van der Waals surface area contributed by atoms with Gasteiger partial charge in [0.1, 0.15) is 25.3 Å². The van der Waals surface area contributed by atoms with Crippen molar-refractivity contribution < 1.29 is 0 Å². The Kier molecular flexibility index (Phi) is 3.28. The Morgan fingerprint density at radius 1 is 0.500 bits per heavy atom. The highest BCUT2D eigenvalue weighted by molar-refractivity contribution is 6.18. The molecule has 0 saturated heterocycles. The molecule has 26 heavy (non-hydrogen) atoms. The predicted octanol–water partition coefficient (Wildman–Crippen LogP) is 3.09. The average Bonchev–Trinajstić information content (AvgIpc) is 2.73. The summed E-state index contributed by atoms with van der Waals surface area (Å²) < 4.78 is 0. The van der Waals surface area contributed by atoms with Crippen LogP contribution in [0.1, 0.15) is 0 Å². The van der Waals surface area contributed by atoms with Gasteiger partial charge in [0.05, 0.1) is 11.1 Å². The van der Waals surface area contributed by atoms with Crippen molar-refractivity contribution in [2.45, 2.75) is 0 Å². The van der Waals surface area contributed by atoms with Gasteiger partial charge in [0.25, 0.3) is 0 Å². The summed E-state index contributed by atoms with van der Waals surface area (Å²) in [6.45, 7) is 0. The molecule has 3 aromatic heterocycles. The number of hydrogen-bond acceptors (Lipinski definition) is 7. The van der Waals surface area contributed by atoms with Gasteiger partial charge in [-0.2, -0.15) is 0 Å². The van der Waals surface area contributed by atoms with Crippen molar-refractivity contribution in [2.75, 3.05) is 0 Å². The number of aromatic nitrogens is 7. The third kappa shape index (κ3) is 2.18. The molecule has 0 fully saturated rings. The van der Waals surface area contributed by atoms with Crippen LogP contribution in [-0.4, -0.2) is 34.9 Å². The standard InChI is InChI=1S/C19H11N7/c1-2-5-13-12(4-1)15(18-23-8-20-9-24-18)14-6-3-7-22-17(14)16(13)19-25-10-21-11-26-19/h1-11H. The van der Waals surface area contributed by atoms with Gasteiger partial charge in [-0.25, -0.2) is 29.9 Å². The van der Waals surface area contributed by atoms with Crippen LogP contribution in [0, 0.1) is 0 Å². The summed E-state index contributed by atoms with van der Waals surface area (Å²) in [5, 5.41) is 2.93. The first-order chi connectivity index (χ1) is 12.9. The van der Waals surface area contributed by atoms with Crippen molar-refractivity contribution in [3.8, 4) is 22.8 Å². The number of benzene rings is 2. The lowest BCUT2D eigenvalue weighted by molar-refractivity contribution is 1.06. The molecule has 7 nitrogen and oxygen atoms in total. The fourth-order valence-electron chi connectivity index (χ4n) is 3.20. The summed E-state index contributed by atoms with van der Waals surface area (Å²) in [7, 11) is 0. The first kappa shape index (κ1) is 14.5. The molecule has 122 valence electrons. The Morgan fingerprint density at radius 2 is 1.04 bits per heavy atom. The molecule has 7 heteroatoms. The fraction of sp³-hybridized carbons (Fsp3) is 0. The van der Waals surface area contributed by atoms with Crippen molar-refractivity contribution >= 4 is 21.7 Å². The summed E-state index contributed by atoms with van der Waals surface area (Å²) in [5.41, 5.74) is 2.59. The highest BCUT2D eigenvalue weighted by Crippen LogP contribution is 2.40. The molecule has 0 bridgehead atoms. The van der Waals surface area contributed by atoms with Crippen LogP contribution in [0.5, 0.6) is 0 Å². The monoisotopic (exact) mass is 337 g/mol. The minimum Gasteiger partial charge on any atom is -0.255 e. The molecule has 5 rings (SSSR count). The molecule has 0 amide bonds. The van der Waals surface area contributed by atoms with Crippen molar-refractivity contribution in [3.63, 3.8) is 0 Å². The third-order valence-corrected chi connectivity index (χ3v) is 4.21. The lowest BCUT2D eigenvalue weighted by Gasteiger charge is -2.14. The number of pyridine rings is 1. The van der Waals surface area contributed by atoms with Gasteiger partial charge in [0, 0.05) is 17.1 Å². The zero-order valence-electron chi connectivity index (χ0n) is 13.5. The van der Waals surface area contributed by atoms with Crippen LogP contribution in [-0.2, 0) is 0 Å². The molecule has 2 aromatic carbocycles. The highest BCUT2D eigenvalue weighted by Gasteiger charge is 2.19. The second kappa shape index (κ2) is 5.89. The lowest BCUT2D eigenvalue weighted by atomic mass is 9.93. The molecule has 0 saturated carbocycles. The zero-order valence-corrected chi connectivity index (χ0v) is 13.5. The van der Waals surface area contributed by atoms with Gasteiger partial charge < -0.3 is 0 Å². The molecular formula is C19H11N7. The van der Waals surface area contributed by atoms with Gasteiger partial charge in [-0.05, 0) is 16.8 Å². The largest absolute Gasteiger partial charge is 0.255 e. The van der Waals surface area contributed by atoms with Gasteiger partial charge in [0.2, 0.25) is 0 Å². The smallest absolute Gasteiger partial charge is 0.165 e. The van der Waals surface area contributed by atoms with Crippen molar-refractivity contribution in [1.29, 1.82) is 0 Å². The quantitative estimate of drug-likeness (QED) is 0.457. The number of rotatable bonds is 2. The van der Waals surface area contributed by atoms with E-state index in [4.69, 9.17) is 0 Å². The van der Waals surface area contributed by atoms with Crippen LogP contribution >= 0.6 is 0 Å². The molecule has 0 aliphatic rings. The van der Waals surface area contributed by atoms with Gasteiger partial charge in [-0.3, -0.25) is 4.98 Å². The van der Waals surface area contributed by atoms with Crippen LogP contribution in [0.3, 0.4) is 0 Å². The highest BCUT2D eigenvalue weighted by atomic mass is 15.0. The lowest BCUT2D eigenvalue weighted by Crippen LogP contribution is -1.98. The van der Waals surface area contributed by atoms with E-state index in [1.54, 1.807) is 6.20 Å². The van der Waals surface area contributed by atoms with Gasteiger partial charge in [-0.15, -0.1) is 0 Å². The van der Waals surface area contributed by atoms with E-state index < -0.39 is 0 Å². The molecule has 0 atom stereocenters. The van der Waals surface area contributed by atoms with E-state index >= 15 is 0 Å². The molecule has 3 heterocycles. The predicted molar refractivity (Wildman–Crippen MR) is 96.9 cm³/mol. The Labute approximate surface area is 147 Å². The van der Waals surface area contributed by atoms with E-state index in [2.05, 4.69) is 34.9 Å². The summed E-state index contributed by atoms with van der Waals surface area (Å²) in [5.74, 6) is 1.19. The van der Waals surface area contributed by atoms with Crippen LogP contribution in [0.2, 0.25) is 0 Å². The van der Waals surface area contributed by atoms with E-state index in [1.807, 2.05) is 36.4 Å². The molecule has 0 N–H and O–H groups in total.